The molecule has 0 spiro atoms. The maximum Gasteiger partial charge on any atom is 0.244 e. The smallest absolute Gasteiger partial charge is 0.244 e. The number of hydrogen-bond acceptors (Lipinski definition) is 5. The van der Waals surface area contributed by atoms with Crippen molar-refractivity contribution in [1.82, 2.24) is 15.5 Å². The van der Waals surface area contributed by atoms with Gasteiger partial charge in [0.1, 0.15) is 6.04 Å². The van der Waals surface area contributed by atoms with Crippen molar-refractivity contribution < 1.29 is 23.8 Å². The quantitative estimate of drug-likeness (QED) is 0.486. The first-order valence-corrected chi connectivity index (χ1v) is 13.7. The average molecular weight is 546 g/mol. The van der Waals surface area contributed by atoms with Crippen LogP contribution in [0.3, 0.4) is 0 Å². The van der Waals surface area contributed by atoms with Crippen molar-refractivity contribution in [3.05, 3.63) is 65.0 Å². The Kier molecular flexibility index (Phi) is 9.47. The third kappa shape index (κ3) is 7.01. The van der Waals surface area contributed by atoms with Gasteiger partial charge in [-0.15, -0.1) is 18.8 Å². The largest absolute Gasteiger partial charge is 0.491 e. The van der Waals surface area contributed by atoms with E-state index in [9.17, 15) is 19.1 Å². The minimum atomic E-state index is -1.03. The van der Waals surface area contributed by atoms with E-state index in [0.717, 1.165) is 24.0 Å². The number of benzene rings is 2. The highest BCUT2D eigenvalue weighted by Gasteiger charge is 2.44. The molecule has 2 amide bonds. The van der Waals surface area contributed by atoms with E-state index in [1.807, 2.05) is 24.3 Å². The number of amides is 2. The number of nitrogens with one attached hydrogen (secondary N) is 2. The highest BCUT2D eigenvalue weighted by atomic mass is 19.1. The standard InChI is InChI=1S/C32H36FN3O4/c1-4-9-27-31(39)35-26(28(37)21-34-32(15-16-32)24-11-8-10-22(5-2)18-24)20-23-13-14-29(25(33)19-23)40-17-7-6-12-30(38)36(27)3/h1-2,8,10-11,13-14,18-19,26-28,34,37H,6-7,9,12,15-17,20-21H2,3H3,(H,35,39)/t26-,27-,28+/m0/s1. The van der Waals surface area contributed by atoms with Gasteiger partial charge >= 0.3 is 0 Å². The molecular formula is C32H36FN3O4. The number of halogens is 1. The van der Waals surface area contributed by atoms with Gasteiger partial charge < -0.3 is 25.4 Å². The predicted molar refractivity (Wildman–Crippen MR) is 151 cm³/mol. The van der Waals surface area contributed by atoms with Gasteiger partial charge in [-0.2, -0.15) is 0 Å². The molecule has 3 aliphatic rings. The van der Waals surface area contributed by atoms with Crippen LogP contribution in [0.4, 0.5) is 4.39 Å². The molecule has 40 heavy (non-hydrogen) atoms. The average Bonchev–Trinajstić information content (AvgIpc) is 3.75. The van der Waals surface area contributed by atoms with Crippen molar-refractivity contribution in [3.63, 3.8) is 0 Å². The number of hydrogen-bond donors (Lipinski definition) is 3. The summed E-state index contributed by atoms with van der Waals surface area (Å²) >= 11 is 0. The van der Waals surface area contributed by atoms with E-state index in [1.165, 1.54) is 11.0 Å². The number of likely N-dealkylation sites (N-methyl/N-ethyl adjacent to an activating group) is 1. The molecule has 3 N–H and O–H groups in total. The highest BCUT2D eigenvalue weighted by molar-refractivity contribution is 5.88. The van der Waals surface area contributed by atoms with Crippen molar-refractivity contribution in [2.24, 2.45) is 0 Å². The minimum Gasteiger partial charge on any atom is -0.491 e. The van der Waals surface area contributed by atoms with Crippen molar-refractivity contribution in [2.45, 2.75) is 68.7 Å². The summed E-state index contributed by atoms with van der Waals surface area (Å²) in [5.74, 6) is 4.06. The van der Waals surface area contributed by atoms with Crippen LogP contribution >= 0.6 is 0 Å². The lowest BCUT2D eigenvalue weighted by Gasteiger charge is -2.31. The number of aliphatic hydroxyl groups is 1. The second-order valence-corrected chi connectivity index (χ2v) is 10.6. The fourth-order valence-corrected chi connectivity index (χ4v) is 5.07. The summed E-state index contributed by atoms with van der Waals surface area (Å²) in [5, 5.41) is 17.7. The molecule has 2 aromatic rings. The monoisotopic (exact) mass is 545 g/mol. The molecule has 1 aliphatic carbocycles. The molecule has 2 heterocycles. The van der Waals surface area contributed by atoms with Crippen LogP contribution in [0.15, 0.2) is 42.5 Å². The maximum atomic E-state index is 14.8. The molecule has 0 radical (unpaired) electrons. The van der Waals surface area contributed by atoms with Gasteiger partial charge in [0.25, 0.3) is 0 Å². The molecule has 0 saturated heterocycles. The van der Waals surface area contributed by atoms with E-state index in [1.54, 1.807) is 19.2 Å². The Hall–Kier alpha value is -3.85. The van der Waals surface area contributed by atoms with E-state index in [2.05, 4.69) is 22.5 Å². The van der Waals surface area contributed by atoms with Gasteiger partial charge in [-0.25, -0.2) is 4.39 Å². The van der Waals surface area contributed by atoms with E-state index >= 15 is 0 Å². The van der Waals surface area contributed by atoms with Crippen LogP contribution in [0.2, 0.25) is 0 Å². The summed E-state index contributed by atoms with van der Waals surface area (Å²) in [6.45, 7) is 0.435. The van der Waals surface area contributed by atoms with Gasteiger partial charge in [-0.3, -0.25) is 9.59 Å². The van der Waals surface area contributed by atoms with Gasteiger partial charge in [0.15, 0.2) is 11.6 Å². The Balaban J connectivity index is 1.57. The Labute approximate surface area is 235 Å². The first kappa shape index (κ1) is 29.1. The molecule has 8 heteroatoms. The van der Waals surface area contributed by atoms with Crippen LogP contribution in [0.1, 0.15) is 55.2 Å². The van der Waals surface area contributed by atoms with Gasteiger partial charge in [-0.05, 0) is 67.5 Å². The van der Waals surface area contributed by atoms with Crippen LogP contribution in [0.5, 0.6) is 5.75 Å². The van der Waals surface area contributed by atoms with E-state index in [-0.39, 0.29) is 49.6 Å². The van der Waals surface area contributed by atoms with Gasteiger partial charge in [0.2, 0.25) is 11.8 Å². The van der Waals surface area contributed by atoms with Crippen LogP contribution in [0.25, 0.3) is 0 Å². The molecule has 7 nitrogen and oxygen atoms in total. The summed E-state index contributed by atoms with van der Waals surface area (Å²) in [4.78, 5) is 27.6. The minimum absolute atomic E-state index is 0.0240. The lowest BCUT2D eigenvalue weighted by Crippen LogP contribution is -2.55. The summed E-state index contributed by atoms with van der Waals surface area (Å²) in [6, 6.07) is 10.7. The third-order valence-electron chi connectivity index (χ3n) is 7.74. The third-order valence-corrected chi connectivity index (χ3v) is 7.74. The highest BCUT2D eigenvalue weighted by Crippen LogP contribution is 2.45. The Morgan fingerprint density at radius 1 is 1.23 bits per heavy atom. The van der Waals surface area contributed by atoms with Crippen molar-refractivity contribution in [3.8, 4) is 30.4 Å². The van der Waals surface area contributed by atoms with Crippen molar-refractivity contribution >= 4 is 11.8 Å². The summed E-state index contributed by atoms with van der Waals surface area (Å²) in [7, 11) is 1.56. The molecule has 3 atom stereocenters. The zero-order valence-corrected chi connectivity index (χ0v) is 22.8. The molecule has 210 valence electrons. The molecular weight excluding hydrogens is 509 g/mol. The molecule has 1 fully saturated rings. The van der Waals surface area contributed by atoms with Gasteiger partial charge in [0, 0.05) is 37.5 Å². The van der Waals surface area contributed by atoms with Crippen molar-refractivity contribution in [1.29, 1.82) is 0 Å². The first-order chi connectivity index (χ1) is 19.3. The van der Waals surface area contributed by atoms with E-state index in [0.29, 0.717) is 18.4 Å². The molecule has 2 aliphatic heterocycles. The number of ether oxygens (including phenoxy) is 1. The van der Waals surface area contributed by atoms with E-state index in [4.69, 9.17) is 17.6 Å². The Morgan fingerprint density at radius 3 is 2.73 bits per heavy atom. The van der Waals surface area contributed by atoms with Crippen LogP contribution in [-0.4, -0.2) is 60.2 Å². The molecule has 0 unspecified atom stereocenters. The zero-order valence-electron chi connectivity index (χ0n) is 22.8. The molecule has 5 rings (SSSR count). The second kappa shape index (κ2) is 13.0. The SMILES string of the molecule is C#CC[C@H]1C(=O)N[C@H]([C@H](O)CNC2(c3cccc(C#C)c3)CC2)Cc2ccc(c(F)c2)OCCCCC(=O)N1C. The summed E-state index contributed by atoms with van der Waals surface area (Å²) in [6.07, 6.45) is 13.3. The Bertz CT molecular complexity index is 1310. The topological polar surface area (TPSA) is 90.9 Å². The molecule has 2 bridgehead atoms. The number of aliphatic hydroxyl groups excluding tert-OH is 1. The summed E-state index contributed by atoms with van der Waals surface area (Å²) < 4.78 is 20.4. The zero-order chi connectivity index (χ0) is 28.7. The molecule has 1 saturated carbocycles. The van der Waals surface area contributed by atoms with Crippen LogP contribution < -0.4 is 15.4 Å². The van der Waals surface area contributed by atoms with Gasteiger partial charge in [-0.1, -0.05) is 24.1 Å². The van der Waals surface area contributed by atoms with E-state index < -0.39 is 29.9 Å². The fourth-order valence-electron chi connectivity index (χ4n) is 5.07. The van der Waals surface area contributed by atoms with Gasteiger partial charge in [0.05, 0.1) is 18.8 Å². The second-order valence-electron chi connectivity index (χ2n) is 10.6. The van der Waals surface area contributed by atoms with Crippen LogP contribution in [0, 0.1) is 30.5 Å². The number of carbonyl (C=O) groups excluding carboxylic acids is 2. The normalized spacial score (nSPS) is 22.0. The fraction of sp³-hybridized carbons (Fsp3) is 0.438. The lowest BCUT2D eigenvalue weighted by molar-refractivity contribution is -0.139. The number of fused-ring (bicyclic) bond motifs is 13. The number of rotatable bonds is 6. The predicted octanol–water partition coefficient (Wildman–Crippen LogP) is 2.89. The summed E-state index contributed by atoms with van der Waals surface area (Å²) in [5.41, 5.74) is 2.11. The number of terminal acetylenes is 2. The van der Waals surface area contributed by atoms with Crippen molar-refractivity contribution in [2.75, 3.05) is 20.2 Å². The first-order valence-electron chi connectivity index (χ1n) is 13.7. The number of nitrogens with zero attached hydrogens (tertiary/aromatic N) is 1. The Morgan fingerprint density at radius 2 is 2.02 bits per heavy atom. The molecule has 0 aromatic heterocycles. The maximum absolute atomic E-state index is 14.8. The number of carbonyl (C=O) groups is 2. The molecule has 2 aromatic carbocycles. The lowest BCUT2D eigenvalue weighted by atomic mass is 9.98. The van der Waals surface area contributed by atoms with Crippen LogP contribution in [-0.2, 0) is 21.5 Å².